The third kappa shape index (κ3) is 5.47. The number of pyridine rings is 2. The van der Waals surface area contributed by atoms with Crippen molar-refractivity contribution in [2.45, 2.75) is 25.8 Å². The lowest BCUT2D eigenvalue weighted by atomic mass is 10.1. The maximum atomic E-state index is 12.3. The van der Waals surface area contributed by atoms with E-state index in [4.69, 9.17) is 4.74 Å². The van der Waals surface area contributed by atoms with E-state index in [2.05, 4.69) is 31.6 Å². The van der Waals surface area contributed by atoms with Gasteiger partial charge in [0.2, 0.25) is 0 Å². The second-order valence-electron chi connectivity index (χ2n) is 7.19. The summed E-state index contributed by atoms with van der Waals surface area (Å²) < 4.78 is 5.78. The molecule has 3 aromatic rings. The Morgan fingerprint density at radius 2 is 1.80 bits per heavy atom. The molecule has 3 heterocycles. The predicted molar refractivity (Wildman–Crippen MR) is 117 cm³/mol. The van der Waals surface area contributed by atoms with Gasteiger partial charge >= 0.3 is 6.03 Å². The number of anilines is 2. The number of urea groups is 1. The van der Waals surface area contributed by atoms with Gasteiger partial charge in [-0.3, -0.25) is 4.98 Å². The summed E-state index contributed by atoms with van der Waals surface area (Å²) in [6.07, 6.45) is 8.83. The van der Waals surface area contributed by atoms with E-state index in [9.17, 15) is 4.79 Å². The van der Waals surface area contributed by atoms with Crippen LogP contribution in [-0.4, -0.2) is 29.1 Å². The van der Waals surface area contributed by atoms with Crippen LogP contribution < -0.4 is 20.3 Å². The maximum absolute atomic E-state index is 12.3. The summed E-state index contributed by atoms with van der Waals surface area (Å²) in [6.45, 7) is 2.52. The predicted octanol–water partition coefficient (Wildman–Crippen LogP) is 4.58. The Balaban J connectivity index is 1.31. The van der Waals surface area contributed by atoms with Crippen LogP contribution in [0.5, 0.6) is 11.5 Å². The smallest absolute Gasteiger partial charge is 0.319 e. The number of ether oxygens (including phenoxy) is 1. The first kappa shape index (κ1) is 19.7. The van der Waals surface area contributed by atoms with Crippen molar-refractivity contribution in [2.75, 3.05) is 23.3 Å². The topological polar surface area (TPSA) is 79.4 Å². The largest absolute Gasteiger partial charge is 0.457 e. The van der Waals surface area contributed by atoms with Gasteiger partial charge in [-0.25, -0.2) is 9.78 Å². The zero-order valence-electron chi connectivity index (χ0n) is 16.8. The molecular formula is C23H25N5O2. The number of hydrogen-bond donors (Lipinski definition) is 2. The minimum Gasteiger partial charge on any atom is -0.457 e. The number of rotatable bonds is 6. The minimum atomic E-state index is -0.271. The molecule has 1 fully saturated rings. The molecule has 2 amide bonds. The summed E-state index contributed by atoms with van der Waals surface area (Å²) in [5, 5.41) is 5.75. The Hall–Kier alpha value is -3.61. The third-order valence-electron chi connectivity index (χ3n) is 4.92. The highest BCUT2D eigenvalue weighted by molar-refractivity contribution is 5.89. The maximum Gasteiger partial charge on any atom is 0.319 e. The van der Waals surface area contributed by atoms with Gasteiger partial charge in [-0.1, -0.05) is 6.07 Å². The molecule has 0 spiro atoms. The molecule has 0 aliphatic carbocycles. The molecule has 0 unspecified atom stereocenters. The molecule has 30 heavy (non-hydrogen) atoms. The van der Waals surface area contributed by atoms with Gasteiger partial charge in [0.1, 0.15) is 17.3 Å². The molecule has 7 heteroatoms. The number of carbonyl (C=O) groups is 1. The number of amides is 2. The monoisotopic (exact) mass is 403 g/mol. The van der Waals surface area contributed by atoms with E-state index in [0.29, 0.717) is 23.7 Å². The molecule has 2 aromatic heterocycles. The second-order valence-corrected chi connectivity index (χ2v) is 7.19. The fourth-order valence-corrected chi connectivity index (χ4v) is 3.40. The molecule has 154 valence electrons. The van der Waals surface area contributed by atoms with Crippen LogP contribution in [0, 0.1) is 0 Å². The molecule has 1 aromatic carbocycles. The average Bonchev–Trinajstić information content (AvgIpc) is 2.79. The van der Waals surface area contributed by atoms with Gasteiger partial charge in [0, 0.05) is 50.0 Å². The van der Waals surface area contributed by atoms with Gasteiger partial charge in [-0.15, -0.1) is 0 Å². The van der Waals surface area contributed by atoms with Gasteiger partial charge in [0.15, 0.2) is 0 Å². The Morgan fingerprint density at radius 1 is 0.967 bits per heavy atom. The van der Waals surface area contributed by atoms with Crippen molar-refractivity contribution in [3.8, 4) is 11.5 Å². The molecule has 1 aliphatic rings. The van der Waals surface area contributed by atoms with E-state index in [0.717, 1.165) is 24.5 Å². The first-order chi connectivity index (χ1) is 14.8. The summed E-state index contributed by atoms with van der Waals surface area (Å²) in [5.41, 5.74) is 1.68. The third-order valence-corrected chi connectivity index (χ3v) is 4.92. The van der Waals surface area contributed by atoms with Crippen LogP contribution in [0.25, 0.3) is 0 Å². The highest BCUT2D eigenvalue weighted by Gasteiger charge is 2.12. The van der Waals surface area contributed by atoms with Crippen LogP contribution in [0.1, 0.15) is 24.8 Å². The van der Waals surface area contributed by atoms with E-state index in [1.807, 2.05) is 24.3 Å². The Labute approximate surface area is 176 Å². The van der Waals surface area contributed by atoms with Crippen molar-refractivity contribution in [3.05, 3.63) is 72.7 Å². The number of nitrogens with zero attached hydrogens (tertiary/aromatic N) is 3. The molecular weight excluding hydrogens is 378 g/mol. The van der Waals surface area contributed by atoms with Gasteiger partial charge < -0.3 is 20.3 Å². The van der Waals surface area contributed by atoms with E-state index < -0.39 is 0 Å². The quantitative estimate of drug-likeness (QED) is 0.630. The number of piperidine rings is 1. The zero-order valence-corrected chi connectivity index (χ0v) is 16.8. The summed E-state index contributed by atoms with van der Waals surface area (Å²) in [4.78, 5) is 23.1. The van der Waals surface area contributed by atoms with E-state index in [-0.39, 0.29) is 6.03 Å². The van der Waals surface area contributed by atoms with Crippen LogP contribution >= 0.6 is 0 Å². The Bertz CT molecular complexity index is 974. The molecule has 0 atom stereocenters. The van der Waals surface area contributed by atoms with E-state index in [1.54, 1.807) is 36.8 Å². The Kier molecular flexibility index (Phi) is 6.39. The molecule has 1 aliphatic heterocycles. The van der Waals surface area contributed by atoms with Crippen LogP contribution in [-0.2, 0) is 6.54 Å². The first-order valence-electron chi connectivity index (χ1n) is 10.2. The van der Waals surface area contributed by atoms with E-state index >= 15 is 0 Å². The lowest BCUT2D eigenvalue weighted by Gasteiger charge is -2.27. The number of hydrogen-bond acceptors (Lipinski definition) is 5. The number of aromatic nitrogens is 2. The normalized spacial score (nSPS) is 13.5. The second kappa shape index (κ2) is 9.73. The molecule has 0 radical (unpaired) electrons. The van der Waals surface area contributed by atoms with Crippen LogP contribution in [0.4, 0.5) is 16.3 Å². The highest BCUT2D eigenvalue weighted by Crippen LogP contribution is 2.23. The average molecular weight is 403 g/mol. The number of carbonyl (C=O) groups excluding carboxylic acids is 1. The molecule has 1 saturated heterocycles. The van der Waals surface area contributed by atoms with Crippen molar-refractivity contribution in [1.29, 1.82) is 0 Å². The SMILES string of the molecule is O=C(NCc1ccnc(N2CCCCC2)c1)Nc1cccc(Oc2ccncc2)c1. The van der Waals surface area contributed by atoms with Gasteiger partial charge in [-0.2, -0.15) is 0 Å². The lowest BCUT2D eigenvalue weighted by molar-refractivity contribution is 0.251. The number of benzene rings is 1. The first-order valence-corrected chi connectivity index (χ1v) is 10.2. The highest BCUT2D eigenvalue weighted by atomic mass is 16.5. The van der Waals surface area contributed by atoms with Gasteiger partial charge in [-0.05, 0) is 61.2 Å². The summed E-state index contributed by atoms with van der Waals surface area (Å²) in [6, 6.07) is 14.5. The van der Waals surface area contributed by atoms with Crippen molar-refractivity contribution in [1.82, 2.24) is 15.3 Å². The van der Waals surface area contributed by atoms with E-state index in [1.165, 1.54) is 19.3 Å². The lowest BCUT2D eigenvalue weighted by Crippen LogP contribution is -2.31. The minimum absolute atomic E-state index is 0.271. The summed E-state index contributed by atoms with van der Waals surface area (Å²) in [7, 11) is 0. The fraction of sp³-hybridized carbons (Fsp3) is 0.261. The summed E-state index contributed by atoms with van der Waals surface area (Å²) in [5.74, 6) is 2.31. The molecule has 4 rings (SSSR count). The van der Waals surface area contributed by atoms with Crippen molar-refractivity contribution < 1.29 is 9.53 Å². The van der Waals surface area contributed by atoms with Gasteiger partial charge in [0.25, 0.3) is 0 Å². The van der Waals surface area contributed by atoms with Crippen LogP contribution in [0.15, 0.2) is 67.1 Å². The van der Waals surface area contributed by atoms with Gasteiger partial charge in [0.05, 0.1) is 0 Å². The van der Waals surface area contributed by atoms with Crippen molar-refractivity contribution >= 4 is 17.5 Å². The zero-order chi connectivity index (χ0) is 20.6. The summed E-state index contributed by atoms with van der Waals surface area (Å²) >= 11 is 0. The van der Waals surface area contributed by atoms with Crippen LogP contribution in [0.2, 0.25) is 0 Å². The fourth-order valence-electron chi connectivity index (χ4n) is 3.40. The van der Waals surface area contributed by atoms with Crippen molar-refractivity contribution in [3.63, 3.8) is 0 Å². The van der Waals surface area contributed by atoms with Crippen molar-refractivity contribution in [2.24, 2.45) is 0 Å². The molecule has 0 saturated carbocycles. The molecule has 7 nitrogen and oxygen atoms in total. The Morgan fingerprint density at radius 3 is 2.63 bits per heavy atom. The molecule has 2 N–H and O–H groups in total. The standard InChI is InChI=1S/C23H25N5O2/c29-23(26-17-18-7-12-25-22(15-18)28-13-2-1-3-14-28)27-19-5-4-6-21(16-19)30-20-8-10-24-11-9-20/h4-12,15-16H,1-3,13-14,17H2,(H2,26,27,29). The molecule has 0 bridgehead atoms. The van der Waals surface area contributed by atoms with Crippen LogP contribution in [0.3, 0.4) is 0 Å². The number of nitrogens with one attached hydrogen (secondary N) is 2.